The van der Waals surface area contributed by atoms with Crippen LogP contribution in [0.2, 0.25) is 0 Å². The number of carbonyl (C=O) groups is 2. The molecule has 2 amide bonds. The monoisotopic (exact) mass is 377 g/mol. The maximum absolute atomic E-state index is 12.5. The average molecular weight is 377 g/mol. The van der Waals surface area contributed by atoms with Crippen LogP contribution in [-0.2, 0) is 14.4 Å². The molecule has 146 valence electrons. The lowest BCUT2D eigenvalue weighted by Crippen LogP contribution is -2.53. The summed E-state index contributed by atoms with van der Waals surface area (Å²) in [6.07, 6.45) is -4.54. The zero-order valence-electron chi connectivity index (χ0n) is 14.8. The zero-order chi connectivity index (χ0) is 19.3. The number of halogens is 3. The second-order valence-electron chi connectivity index (χ2n) is 8.10. The van der Waals surface area contributed by atoms with E-state index in [4.69, 9.17) is 4.74 Å². The van der Waals surface area contributed by atoms with Crippen LogP contribution in [-0.4, -0.2) is 48.2 Å². The molecular formula is C16H22F3N3O4. The number of urea groups is 1. The van der Waals surface area contributed by atoms with Crippen molar-refractivity contribution in [2.24, 2.45) is 16.5 Å². The molecule has 2 saturated carbocycles. The number of amides is 2. The van der Waals surface area contributed by atoms with Gasteiger partial charge in [-0.25, -0.2) is 4.79 Å². The molecule has 4 atom stereocenters. The molecule has 2 N–H and O–H groups in total. The predicted molar refractivity (Wildman–Crippen MR) is 84.3 cm³/mol. The molecule has 0 radical (unpaired) electrons. The van der Waals surface area contributed by atoms with Gasteiger partial charge < -0.3 is 20.2 Å². The van der Waals surface area contributed by atoms with Crippen molar-refractivity contribution in [2.45, 2.75) is 64.0 Å². The van der Waals surface area contributed by atoms with Gasteiger partial charge in [0, 0.05) is 12.5 Å². The summed E-state index contributed by atoms with van der Waals surface area (Å²) in [6, 6.07) is -0.627. The topological polar surface area (TPSA) is 89.0 Å². The van der Waals surface area contributed by atoms with E-state index < -0.39 is 41.5 Å². The Morgan fingerprint density at radius 1 is 1.31 bits per heavy atom. The van der Waals surface area contributed by atoms with Crippen molar-refractivity contribution in [1.82, 2.24) is 10.6 Å². The van der Waals surface area contributed by atoms with Gasteiger partial charge in [0.05, 0.1) is 12.0 Å². The molecule has 0 aromatic heterocycles. The minimum atomic E-state index is -4.51. The van der Waals surface area contributed by atoms with Crippen molar-refractivity contribution in [3.8, 4) is 0 Å². The summed E-state index contributed by atoms with van der Waals surface area (Å²) in [6.45, 7) is 5.34. The lowest BCUT2D eigenvalue weighted by atomic mass is 9.80. The third-order valence-electron chi connectivity index (χ3n) is 4.88. The third-order valence-corrected chi connectivity index (χ3v) is 4.88. The second kappa shape index (κ2) is 6.02. The van der Waals surface area contributed by atoms with E-state index in [1.807, 2.05) is 0 Å². The van der Waals surface area contributed by atoms with Gasteiger partial charge in [-0.05, 0) is 39.5 Å². The minimum absolute atomic E-state index is 0.0611. The van der Waals surface area contributed by atoms with Gasteiger partial charge >= 0.3 is 18.2 Å². The van der Waals surface area contributed by atoms with E-state index in [0.29, 0.717) is 12.8 Å². The number of alkyl halides is 3. The first-order chi connectivity index (χ1) is 11.9. The van der Waals surface area contributed by atoms with Crippen LogP contribution in [0.3, 0.4) is 0 Å². The van der Waals surface area contributed by atoms with Crippen molar-refractivity contribution in [3.63, 3.8) is 0 Å². The van der Waals surface area contributed by atoms with Crippen molar-refractivity contribution in [1.29, 1.82) is 0 Å². The summed E-state index contributed by atoms with van der Waals surface area (Å²) in [5.41, 5.74) is -2.01. The van der Waals surface area contributed by atoms with Gasteiger partial charge in [-0.1, -0.05) is 5.16 Å². The fourth-order valence-corrected chi connectivity index (χ4v) is 3.45. The van der Waals surface area contributed by atoms with Gasteiger partial charge in [-0.3, -0.25) is 4.79 Å². The molecule has 0 spiro atoms. The summed E-state index contributed by atoms with van der Waals surface area (Å²) >= 11 is 0. The molecule has 7 nitrogen and oxygen atoms in total. The first-order valence-electron chi connectivity index (χ1n) is 8.48. The number of hydrogen-bond acceptors (Lipinski definition) is 5. The number of fused-ring (bicyclic) bond motifs is 1. The lowest BCUT2D eigenvalue weighted by molar-refractivity contribution is -0.166. The molecule has 1 unspecified atom stereocenters. The Labute approximate surface area is 148 Å². The molecule has 26 heavy (non-hydrogen) atoms. The van der Waals surface area contributed by atoms with E-state index in [2.05, 4.69) is 20.6 Å². The largest absolute Gasteiger partial charge is 0.460 e. The molecule has 0 bridgehead atoms. The Balaban J connectivity index is 1.36. The summed E-state index contributed by atoms with van der Waals surface area (Å²) in [7, 11) is 0. The van der Waals surface area contributed by atoms with Gasteiger partial charge in [-0.15, -0.1) is 0 Å². The van der Waals surface area contributed by atoms with Crippen molar-refractivity contribution < 1.29 is 32.3 Å². The van der Waals surface area contributed by atoms with Gasteiger partial charge in [-0.2, -0.15) is 13.2 Å². The van der Waals surface area contributed by atoms with Crippen molar-refractivity contribution >= 4 is 17.7 Å². The van der Waals surface area contributed by atoms with Crippen molar-refractivity contribution in [3.05, 3.63) is 0 Å². The number of ether oxygens (including phenoxy) is 1. The fourth-order valence-electron chi connectivity index (χ4n) is 3.45. The first kappa shape index (κ1) is 18.8. The highest BCUT2D eigenvalue weighted by molar-refractivity contribution is 5.90. The second-order valence-corrected chi connectivity index (χ2v) is 8.10. The lowest BCUT2D eigenvalue weighted by Gasteiger charge is -2.35. The Morgan fingerprint density at radius 3 is 2.54 bits per heavy atom. The van der Waals surface area contributed by atoms with E-state index in [-0.39, 0.29) is 24.5 Å². The van der Waals surface area contributed by atoms with E-state index in [0.717, 1.165) is 0 Å². The molecule has 2 aliphatic carbocycles. The highest BCUT2D eigenvalue weighted by atomic mass is 19.4. The van der Waals surface area contributed by atoms with Crippen LogP contribution in [0.25, 0.3) is 0 Å². The van der Waals surface area contributed by atoms with Crippen LogP contribution >= 0.6 is 0 Å². The number of oxime groups is 1. The van der Waals surface area contributed by atoms with Crippen LogP contribution in [0, 0.1) is 11.3 Å². The Kier molecular flexibility index (Phi) is 4.35. The van der Waals surface area contributed by atoms with Crippen LogP contribution in [0.4, 0.5) is 18.0 Å². The number of rotatable bonds is 4. The van der Waals surface area contributed by atoms with Gasteiger partial charge in [0.25, 0.3) is 0 Å². The molecule has 3 aliphatic rings. The maximum atomic E-state index is 12.5. The minimum Gasteiger partial charge on any atom is -0.460 e. The van der Waals surface area contributed by atoms with Gasteiger partial charge in [0.1, 0.15) is 5.60 Å². The van der Waals surface area contributed by atoms with Crippen LogP contribution in [0.5, 0.6) is 0 Å². The zero-order valence-corrected chi connectivity index (χ0v) is 14.8. The number of nitrogens with one attached hydrogen (secondary N) is 2. The van der Waals surface area contributed by atoms with Crippen LogP contribution in [0.15, 0.2) is 5.16 Å². The normalized spacial score (nSPS) is 32.5. The number of carbonyl (C=O) groups excluding carboxylic acids is 2. The van der Waals surface area contributed by atoms with Crippen LogP contribution < -0.4 is 10.6 Å². The molecule has 0 aromatic rings. The Bertz CT molecular complexity index is 644. The highest BCUT2D eigenvalue weighted by Gasteiger charge is 2.73. The molecule has 1 aliphatic heterocycles. The SMILES string of the molecule is CC(C)(C)OC(=O)[C@@]12C[C@H](NC(=O)NCC3CC(C(F)(F)F)=NO3)[C@@H]1C2. The molecule has 3 rings (SSSR count). The summed E-state index contributed by atoms with van der Waals surface area (Å²) in [5.74, 6) is -0.171. The Hall–Kier alpha value is -2.00. The predicted octanol–water partition coefficient (Wildman–Crippen LogP) is 2.11. The van der Waals surface area contributed by atoms with Gasteiger partial charge in [0.2, 0.25) is 0 Å². The molecule has 0 aromatic carbocycles. The Morgan fingerprint density at radius 2 is 2.00 bits per heavy atom. The fraction of sp³-hybridized carbons (Fsp3) is 0.812. The van der Waals surface area contributed by atoms with Crippen LogP contribution in [0.1, 0.15) is 40.0 Å². The summed E-state index contributed by atoms with van der Waals surface area (Å²) < 4.78 is 42.8. The van der Waals surface area contributed by atoms with E-state index in [1.165, 1.54) is 0 Å². The molecule has 1 heterocycles. The quantitative estimate of drug-likeness (QED) is 0.735. The molecule has 0 saturated heterocycles. The van der Waals surface area contributed by atoms with Crippen molar-refractivity contribution in [2.75, 3.05) is 6.54 Å². The number of hydrogen-bond donors (Lipinski definition) is 2. The van der Waals surface area contributed by atoms with E-state index in [9.17, 15) is 22.8 Å². The first-order valence-corrected chi connectivity index (χ1v) is 8.48. The summed E-state index contributed by atoms with van der Waals surface area (Å²) in [4.78, 5) is 28.7. The smallest absolute Gasteiger partial charge is 0.432 e. The highest BCUT2D eigenvalue weighted by Crippen LogP contribution is 2.68. The molecular weight excluding hydrogens is 355 g/mol. The number of nitrogens with zero attached hydrogens (tertiary/aromatic N) is 1. The van der Waals surface area contributed by atoms with E-state index in [1.54, 1.807) is 20.8 Å². The number of esters is 1. The van der Waals surface area contributed by atoms with E-state index >= 15 is 0 Å². The average Bonchev–Trinajstić information content (AvgIpc) is 2.86. The third kappa shape index (κ3) is 3.73. The standard InChI is InChI=1S/C16H22F3N3O4/c1-14(2,3)25-12(23)15-5-9(15)10(6-15)21-13(24)20-7-8-4-11(22-26-8)16(17,18)19/h8-10H,4-7H2,1-3H3,(H2,20,21,24)/t8?,9-,10-,15-/m0/s1. The molecule has 10 heteroatoms. The van der Waals surface area contributed by atoms with Gasteiger partial charge in [0.15, 0.2) is 11.8 Å². The summed E-state index contributed by atoms with van der Waals surface area (Å²) in [5, 5.41) is 8.23. The molecule has 2 fully saturated rings. The maximum Gasteiger partial charge on any atom is 0.432 e.